The number of aryl methyl sites for hydroxylation is 1. The maximum absolute atomic E-state index is 12.4. The van der Waals surface area contributed by atoms with Crippen molar-refractivity contribution in [1.82, 2.24) is 0 Å². The molecule has 2 unspecified atom stereocenters. The predicted molar refractivity (Wildman–Crippen MR) is 104 cm³/mol. The van der Waals surface area contributed by atoms with Crippen molar-refractivity contribution >= 4 is 50.0 Å². The van der Waals surface area contributed by atoms with Crippen molar-refractivity contribution in [2.45, 2.75) is 39.0 Å². The molecule has 2 aliphatic heterocycles. The quantitative estimate of drug-likeness (QED) is 0.723. The Bertz CT molecular complexity index is 859. The summed E-state index contributed by atoms with van der Waals surface area (Å²) < 4.78 is 24.2. The zero-order chi connectivity index (χ0) is 18.6. The van der Waals surface area contributed by atoms with E-state index < -0.39 is 15.3 Å². The summed E-state index contributed by atoms with van der Waals surface area (Å²) in [6.45, 7) is 7.40. The summed E-state index contributed by atoms with van der Waals surface area (Å²) in [7, 11) is -3.09. The number of benzene rings is 1. The van der Waals surface area contributed by atoms with E-state index in [0.29, 0.717) is 10.2 Å². The van der Waals surface area contributed by atoms with Crippen molar-refractivity contribution in [3.63, 3.8) is 0 Å². The first-order chi connectivity index (χ1) is 11.5. The van der Waals surface area contributed by atoms with E-state index in [1.165, 1.54) is 11.8 Å². The minimum absolute atomic E-state index is 0.0688. The molecule has 25 heavy (non-hydrogen) atoms. The molecule has 3 rings (SSSR count). The normalized spacial score (nSPS) is 26.9. The van der Waals surface area contributed by atoms with Gasteiger partial charge in [0.05, 0.1) is 17.5 Å². The van der Waals surface area contributed by atoms with Gasteiger partial charge in [-0.25, -0.2) is 8.42 Å². The van der Waals surface area contributed by atoms with Gasteiger partial charge in [0, 0.05) is 21.4 Å². The Kier molecular flexibility index (Phi) is 4.71. The Balaban J connectivity index is 2.09. The number of halogens is 1. The Morgan fingerprint density at radius 3 is 2.64 bits per heavy atom. The van der Waals surface area contributed by atoms with Gasteiger partial charge in [0.25, 0.3) is 5.91 Å². The highest BCUT2D eigenvalue weighted by Gasteiger charge is 2.49. The molecule has 2 fully saturated rings. The summed E-state index contributed by atoms with van der Waals surface area (Å²) in [4.78, 5) is 18.7. The maximum Gasteiger partial charge on any atom is 0.253 e. The van der Waals surface area contributed by atoms with Gasteiger partial charge in [0.15, 0.2) is 15.0 Å². The van der Waals surface area contributed by atoms with E-state index in [2.05, 4.69) is 4.99 Å². The molecule has 2 atom stereocenters. The van der Waals surface area contributed by atoms with Crippen LogP contribution >= 0.6 is 23.4 Å². The number of amidine groups is 1. The van der Waals surface area contributed by atoms with Gasteiger partial charge in [-0.15, -0.1) is 0 Å². The van der Waals surface area contributed by atoms with Crippen molar-refractivity contribution in [3.05, 3.63) is 28.8 Å². The first-order valence-corrected chi connectivity index (χ1v) is 11.1. The maximum atomic E-state index is 12.4. The number of aliphatic imine (C=N–C) groups is 1. The number of sulfone groups is 1. The molecular weight excluding hydrogens is 380 g/mol. The predicted octanol–water partition coefficient (Wildman–Crippen LogP) is 3.30. The number of hydrogen-bond donors (Lipinski definition) is 0. The van der Waals surface area contributed by atoms with Crippen LogP contribution < -0.4 is 4.90 Å². The fourth-order valence-electron chi connectivity index (χ4n) is 2.94. The van der Waals surface area contributed by atoms with Crippen molar-refractivity contribution < 1.29 is 13.2 Å². The van der Waals surface area contributed by atoms with Crippen LogP contribution in [0.2, 0.25) is 5.02 Å². The fourth-order valence-corrected chi connectivity index (χ4v) is 7.01. The number of hydrogen-bond acceptors (Lipinski definition) is 4. The summed E-state index contributed by atoms with van der Waals surface area (Å²) in [5, 5.41) is 1.02. The molecule has 136 valence electrons. The molecule has 1 aromatic rings. The molecule has 0 N–H and O–H groups in total. The Morgan fingerprint density at radius 2 is 2.00 bits per heavy atom. The van der Waals surface area contributed by atoms with Crippen molar-refractivity contribution in [2.75, 3.05) is 16.4 Å². The van der Waals surface area contributed by atoms with Crippen LogP contribution in [0.3, 0.4) is 0 Å². The summed E-state index contributed by atoms with van der Waals surface area (Å²) in [5.74, 6) is -0.0388. The molecule has 8 heteroatoms. The van der Waals surface area contributed by atoms with E-state index in [9.17, 15) is 13.2 Å². The highest BCUT2D eigenvalue weighted by molar-refractivity contribution is 8.16. The lowest BCUT2D eigenvalue weighted by Crippen LogP contribution is -2.38. The summed E-state index contributed by atoms with van der Waals surface area (Å²) in [6, 6.07) is 5.27. The van der Waals surface area contributed by atoms with Crippen LogP contribution in [0.1, 0.15) is 26.3 Å². The molecule has 2 aliphatic rings. The average Bonchev–Trinajstić information content (AvgIpc) is 2.92. The van der Waals surface area contributed by atoms with Crippen LogP contribution in [-0.2, 0) is 14.6 Å². The molecule has 2 saturated heterocycles. The van der Waals surface area contributed by atoms with Gasteiger partial charge in [0.1, 0.15) is 0 Å². The minimum Gasteiger partial charge on any atom is -0.315 e. The van der Waals surface area contributed by atoms with Crippen LogP contribution in [0, 0.1) is 12.3 Å². The Hall–Kier alpha value is -1.05. The number of carbonyl (C=O) groups excluding carboxylic acids is 1. The van der Waals surface area contributed by atoms with Crippen molar-refractivity contribution in [2.24, 2.45) is 10.4 Å². The number of amides is 1. The Morgan fingerprint density at radius 1 is 1.32 bits per heavy atom. The molecule has 0 saturated carbocycles. The number of fused-ring (bicyclic) bond motifs is 1. The first-order valence-electron chi connectivity index (χ1n) is 8.03. The third-order valence-electron chi connectivity index (χ3n) is 4.34. The van der Waals surface area contributed by atoms with Gasteiger partial charge < -0.3 is 4.90 Å². The molecule has 0 aliphatic carbocycles. The van der Waals surface area contributed by atoms with Crippen LogP contribution in [0.5, 0.6) is 0 Å². The van der Waals surface area contributed by atoms with E-state index in [1.54, 1.807) is 6.07 Å². The molecule has 0 aromatic heterocycles. The van der Waals surface area contributed by atoms with E-state index in [1.807, 2.05) is 44.7 Å². The van der Waals surface area contributed by atoms with E-state index in [-0.39, 0.29) is 28.7 Å². The van der Waals surface area contributed by atoms with Gasteiger partial charge in [-0.3, -0.25) is 4.79 Å². The molecule has 0 spiro atoms. The highest BCUT2D eigenvalue weighted by Crippen LogP contribution is 2.42. The topological polar surface area (TPSA) is 66.8 Å². The van der Waals surface area contributed by atoms with Crippen LogP contribution in [0.15, 0.2) is 23.2 Å². The average molecular weight is 401 g/mol. The summed E-state index contributed by atoms with van der Waals surface area (Å²) in [6.07, 6.45) is 0. The monoisotopic (exact) mass is 400 g/mol. The van der Waals surface area contributed by atoms with Crippen LogP contribution in [-0.4, -0.2) is 42.3 Å². The minimum atomic E-state index is -3.09. The number of nitrogens with zero attached hydrogens (tertiary/aromatic N) is 2. The molecule has 1 amide bonds. The standard InChI is InChI=1S/C17H21ClN2O3S2/c1-10-5-6-11(18)7-12(10)20-13-8-25(22,23)9-14(13)24-16(20)19-15(21)17(2,3)4/h5-7,13-14H,8-9H2,1-4H3. The fraction of sp³-hybridized carbons (Fsp3) is 0.529. The lowest BCUT2D eigenvalue weighted by molar-refractivity contribution is -0.124. The van der Waals surface area contributed by atoms with Crippen LogP contribution in [0.4, 0.5) is 5.69 Å². The number of anilines is 1. The van der Waals surface area contributed by atoms with Crippen molar-refractivity contribution in [1.29, 1.82) is 0 Å². The smallest absolute Gasteiger partial charge is 0.253 e. The molecule has 0 bridgehead atoms. The largest absolute Gasteiger partial charge is 0.315 e. The molecule has 5 nitrogen and oxygen atoms in total. The van der Waals surface area contributed by atoms with E-state index in [0.717, 1.165) is 11.3 Å². The Labute approximate surface area is 157 Å². The van der Waals surface area contributed by atoms with Gasteiger partial charge in [-0.05, 0) is 24.6 Å². The molecule has 2 heterocycles. The van der Waals surface area contributed by atoms with E-state index >= 15 is 0 Å². The summed E-state index contributed by atoms with van der Waals surface area (Å²) >= 11 is 7.54. The van der Waals surface area contributed by atoms with Gasteiger partial charge in [-0.2, -0.15) is 4.99 Å². The summed E-state index contributed by atoms with van der Waals surface area (Å²) in [5.41, 5.74) is 1.18. The second-order valence-corrected chi connectivity index (χ2v) is 11.3. The SMILES string of the molecule is Cc1ccc(Cl)cc1N1C(=NC(=O)C(C)(C)C)SC2CS(=O)(=O)CC21. The molecule has 1 aromatic carbocycles. The lowest BCUT2D eigenvalue weighted by Gasteiger charge is -2.27. The zero-order valence-corrected chi connectivity index (χ0v) is 17.0. The van der Waals surface area contributed by atoms with Gasteiger partial charge >= 0.3 is 0 Å². The van der Waals surface area contributed by atoms with Gasteiger partial charge in [0.2, 0.25) is 0 Å². The second kappa shape index (κ2) is 6.28. The third kappa shape index (κ3) is 3.73. The van der Waals surface area contributed by atoms with Crippen LogP contribution in [0.25, 0.3) is 0 Å². The second-order valence-electron chi connectivity index (χ2n) is 7.55. The van der Waals surface area contributed by atoms with E-state index in [4.69, 9.17) is 11.6 Å². The number of thioether (sulfide) groups is 1. The number of carbonyl (C=O) groups is 1. The van der Waals surface area contributed by atoms with Crippen molar-refractivity contribution in [3.8, 4) is 0 Å². The molecular formula is C17H21ClN2O3S2. The molecule has 0 radical (unpaired) electrons. The zero-order valence-electron chi connectivity index (χ0n) is 14.6. The lowest BCUT2D eigenvalue weighted by atomic mass is 9.96. The third-order valence-corrected chi connectivity index (χ3v) is 7.78. The number of rotatable bonds is 1. The highest BCUT2D eigenvalue weighted by atomic mass is 35.5. The van der Waals surface area contributed by atoms with Gasteiger partial charge in [-0.1, -0.05) is 50.2 Å². The first kappa shape index (κ1) is 18.7.